The third-order valence-corrected chi connectivity index (χ3v) is 3.74. The fourth-order valence-corrected chi connectivity index (χ4v) is 2.68. The van der Waals surface area contributed by atoms with Crippen molar-refractivity contribution in [1.82, 2.24) is 4.90 Å². The fourth-order valence-electron chi connectivity index (χ4n) is 2.68. The lowest BCUT2D eigenvalue weighted by Crippen LogP contribution is -2.48. The van der Waals surface area contributed by atoms with E-state index >= 15 is 0 Å². The van der Waals surface area contributed by atoms with Gasteiger partial charge < -0.3 is 5.73 Å². The van der Waals surface area contributed by atoms with Gasteiger partial charge in [0.2, 0.25) is 0 Å². The number of piperidine rings is 1. The molecule has 1 aromatic carbocycles. The smallest absolute Gasteiger partial charge is 0.123 e. The van der Waals surface area contributed by atoms with Crippen molar-refractivity contribution in [2.24, 2.45) is 5.73 Å². The molecule has 2 rings (SSSR count). The van der Waals surface area contributed by atoms with Gasteiger partial charge in [-0.3, -0.25) is 4.90 Å². The Morgan fingerprint density at radius 2 is 2.00 bits per heavy atom. The third-order valence-electron chi connectivity index (χ3n) is 3.74. The molecule has 17 heavy (non-hydrogen) atoms. The number of halogens is 1. The minimum atomic E-state index is -0.171. The number of hydrogen-bond acceptors (Lipinski definition) is 2. The minimum Gasteiger partial charge on any atom is -0.329 e. The summed E-state index contributed by atoms with van der Waals surface area (Å²) in [6.45, 7) is 3.85. The van der Waals surface area contributed by atoms with Gasteiger partial charge in [0.1, 0.15) is 5.82 Å². The molecule has 2 N–H and O–H groups in total. The molecule has 1 saturated heterocycles. The van der Waals surface area contributed by atoms with Gasteiger partial charge in [-0.05, 0) is 37.5 Å². The Kier molecular flexibility index (Phi) is 4.13. The molecule has 1 aliphatic rings. The molecule has 0 radical (unpaired) electrons. The van der Waals surface area contributed by atoms with Gasteiger partial charge in [-0.25, -0.2) is 4.39 Å². The average molecular weight is 236 g/mol. The van der Waals surface area contributed by atoms with Gasteiger partial charge in [-0.1, -0.05) is 18.6 Å². The van der Waals surface area contributed by atoms with Crippen molar-refractivity contribution in [1.29, 1.82) is 0 Å². The molecule has 0 spiro atoms. The summed E-state index contributed by atoms with van der Waals surface area (Å²) in [5, 5.41) is 0. The van der Waals surface area contributed by atoms with Crippen LogP contribution in [0.3, 0.4) is 0 Å². The molecule has 0 amide bonds. The van der Waals surface area contributed by atoms with Crippen LogP contribution in [-0.2, 0) is 6.54 Å². The summed E-state index contributed by atoms with van der Waals surface area (Å²) < 4.78 is 12.9. The van der Waals surface area contributed by atoms with Crippen molar-refractivity contribution in [3.63, 3.8) is 0 Å². The van der Waals surface area contributed by atoms with Gasteiger partial charge in [-0.15, -0.1) is 0 Å². The molecular formula is C14H21FN2. The molecule has 94 valence electrons. The number of rotatable bonds is 3. The first kappa shape index (κ1) is 12.5. The summed E-state index contributed by atoms with van der Waals surface area (Å²) in [5.41, 5.74) is 7.00. The molecule has 1 aromatic rings. The standard InChI is InChI=1S/C14H21FN2/c1-11-3-2-4-14(9-16)17(11)10-12-5-7-13(15)8-6-12/h5-8,11,14H,2-4,9-10,16H2,1H3. The first-order chi connectivity index (χ1) is 8.20. The van der Waals surface area contributed by atoms with E-state index < -0.39 is 0 Å². The normalized spacial score (nSPS) is 26.1. The molecule has 1 heterocycles. The van der Waals surface area contributed by atoms with Gasteiger partial charge in [-0.2, -0.15) is 0 Å². The van der Waals surface area contributed by atoms with Crippen LogP contribution in [0, 0.1) is 5.82 Å². The van der Waals surface area contributed by atoms with E-state index in [1.807, 2.05) is 12.1 Å². The summed E-state index contributed by atoms with van der Waals surface area (Å²) >= 11 is 0. The summed E-state index contributed by atoms with van der Waals surface area (Å²) in [7, 11) is 0. The Labute approximate surface area is 103 Å². The number of nitrogens with two attached hydrogens (primary N) is 1. The van der Waals surface area contributed by atoms with Crippen molar-refractivity contribution in [3.05, 3.63) is 35.6 Å². The van der Waals surface area contributed by atoms with Crippen LogP contribution in [0.1, 0.15) is 31.7 Å². The van der Waals surface area contributed by atoms with Crippen LogP contribution in [0.5, 0.6) is 0 Å². The van der Waals surface area contributed by atoms with Crippen LogP contribution in [0.4, 0.5) is 4.39 Å². The first-order valence-corrected chi connectivity index (χ1v) is 6.41. The zero-order chi connectivity index (χ0) is 12.3. The summed E-state index contributed by atoms with van der Waals surface area (Å²) in [5.74, 6) is -0.171. The Morgan fingerprint density at radius 3 is 2.65 bits per heavy atom. The topological polar surface area (TPSA) is 29.3 Å². The molecule has 0 aliphatic carbocycles. The molecule has 2 atom stereocenters. The lowest BCUT2D eigenvalue weighted by atomic mass is 9.95. The largest absolute Gasteiger partial charge is 0.329 e. The lowest BCUT2D eigenvalue weighted by Gasteiger charge is -2.40. The number of benzene rings is 1. The van der Waals surface area contributed by atoms with Gasteiger partial charge in [0.25, 0.3) is 0 Å². The Balaban J connectivity index is 2.06. The van der Waals surface area contributed by atoms with E-state index in [0.717, 1.165) is 6.54 Å². The molecule has 3 heteroatoms. The van der Waals surface area contributed by atoms with E-state index in [1.165, 1.54) is 37.0 Å². The second kappa shape index (κ2) is 5.61. The Bertz CT molecular complexity index is 350. The quantitative estimate of drug-likeness (QED) is 0.873. The highest BCUT2D eigenvalue weighted by molar-refractivity contribution is 5.16. The highest BCUT2D eigenvalue weighted by atomic mass is 19.1. The third kappa shape index (κ3) is 3.05. The van der Waals surface area contributed by atoms with Crippen LogP contribution in [-0.4, -0.2) is 23.5 Å². The summed E-state index contributed by atoms with van der Waals surface area (Å²) in [4.78, 5) is 2.46. The van der Waals surface area contributed by atoms with Crippen LogP contribution < -0.4 is 5.73 Å². The van der Waals surface area contributed by atoms with Gasteiger partial charge in [0.15, 0.2) is 0 Å². The van der Waals surface area contributed by atoms with E-state index in [0.29, 0.717) is 18.6 Å². The van der Waals surface area contributed by atoms with Gasteiger partial charge in [0.05, 0.1) is 0 Å². The molecule has 2 unspecified atom stereocenters. The van der Waals surface area contributed by atoms with Crippen molar-refractivity contribution in [2.75, 3.05) is 6.54 Å². The number of nitrogens with zero attached hydrogens (tertiary/aromatic N) is 1. The van der Waals surface area contributed by atoms with Crippen molar-refractivity contribution in [2.45, 2.75) is 44.8 Å². The minimum absolute atomic E-state index is 0.171. The predicted octanol–water partition coefficient (Wildman–Crippen LogP) is 2.53. The second-order valence-corrected chi connectivity index (χ2v) is 4.97. The summed E-state index contributed by atoms with van der Waals surface area (Å²) in [6.07, 6.45) is 3.68. The maximum Gasteiger partial charge on any atom is 0.123 e. The zero-order valence-electron chi connectivity index (χ0n) is 10.4. The fraction of sp³-hybridized carbons (Fsp3) is 0.571. The number of hydrogen-bond donors (Lipinski definition) is 1. The van der Waals surface area contributed by atoms with Crippen LogP contribution in [0.2, 0.25) is 0 Å². The predicted molar refractivity (Wildman–Crippen MR) is 68.1 cm³/mol. The van der Waals surface area contributed by atoms with Crippen LogP contribution in [0.25, 0.3) is 0 Å². The van der Waals surface area contributed by atoms with Crippen molar-refractivity contribution >= 4 is 0 Å². The highest BCUT2D eigenvalue weighted by Gasteiger charge is 2.26. The molecule has 0 bridgehead atoms. The van der Waals surface area contributed by atoms with E-state index in [4.69, 9.17) is 5.73 Å². The molecular weight excluding hydrogens is 215 g/mol. The van der Waals surface area contributed by atoms with Crippen LogP contribution in [0.15, 0.2) is 24.3 Å². The first-order valence-electron chi connectivity index (χ1n) is 6.41. The second-order valence-electron chi connectivity index (χ2n) is 4.97. The maximum absolute atomic E-state index is 12.9. The van der Waals surface area contributed by atoms with Crippen molar-refractivity contribution in [3.8, 4) is 0 Å². The van der Waals surface area contributed by atoms with E-state index in [-0.39, 0.29) is 5.82 Å². The lowest BCUT2D eigenvalue weighted by molar-refractivity contribution is 0.0892. The van der Waals surface area contributed by atoms with Crippen LogP contribution >= 0.6 is 0 Å². The average Bonchev–Trinajstić information content (AvgIpc) is 2.34. The number of likely N-dealkylation sites (tertiary alicyclic amines) is 1. The highest BCUT2D eigenvalue weighted by Crippen LogP contribution is 2.24. The van der Waals surface area contributed by atoms with E-state index in [9.17, 15) is 4.39 Å². The van der Waals surface area contributed by atoms with E-state index in [2.05, 4.69) is 11.8 Å². The molecule has 1 fully saturated rings. The van der Waals surface area contributed by atoms with Gasteiger partial charge in [0, 0.05) is 25.2 Å². The molecule has 0 saturated carbocycles. The SMILES string of the molecule is CC1CCCC(CN)N1Cc1ccc(F)cc1. The Hall–Kier alpha value is -0.930. The van der Waals surface area contributed by atoms with Crippen molar-refractivity contribution < 1.29 is 4.39 Å². The Morgan fingerprint density at radius 1 is 1.29 bits per heavy atom. The maximum atomic E-state index is 12.9. The molecule has 2 nitrogen and oxygen atoms in total. The molecule has 0 aromatic heterocycles. The molecule has 1 aliphatic heterocycles. The summed E-state index contributed by atoms with van der Waals surface area (Å²) in [6, 6.07) is 7.84. The zero-order valence-corrected chi connectivity index (χ0v) is 10.4. The monoisotopic (exact) mass is 236 g/mol. The van der Waals surface area contributed by atoms with Gasteiger partial charge >= 0.3 is 0 Å². The van der Waals surface area contributed by atoms with E-state index in [1.54, 1.807) is 0 Å².